The Hall–Kier alpha value is -1.53. The zero-order chi connectivity index (χ0) is 20.7. The molecule has 1 aromatic rings. The van der Waals surface area contributed by atoms with Crippen LogP contribution in [0.15, 0.2) is 30.3 Å². The van der Waals surface area contributed by atoms with Gasteiger partial charge in [-0.1, -0.05) is 30.3 Å². The summed E-state index contributed by atoms with van der Waals surface area (Å²) in [6, 6.07) is 9.85. The number of hydrogen-bond acceptors (Lipinski definition) is 4. The number of piperidine rings is 1. The molecule has 158 valence electrons. The summed E-state index contributed by atoms with van der Waals surface area (Å²) in [6.07, 6.45) is 5.41. The number of nitrogens with zero attached hydrogens (tertiary/aromatic N) is 1. The minimum Gasteiger partial charge on any atom is -0.445 e. The van der Waals surface area contributed by atoms with Gasteiger partial charge in [-0.25, -0.2) is 4.79 Å². The number of amides is 1. The van der Waals surface area contributed by atoms with E-state index in [0.29, 0.717) is 17.9 Å². The molecule has 3 fully saturated rings. The Kier molecular flexibility index (Phi) is 5.45. The van der Waals surface area contributed by atoms with Gasteiger partial charge in [0, 0.05) is 13.1 Å². The molecular weight excluding hydrogens is 365 g/mol. The van der Waals surface area contributed by atoms with Gasteiger partial charge in [0.1, 0.15) is 6.61 Å². The topological polar surface area (TPSA) is 48.0 Å². The molecule has 0 aromatic heterocycles. The van der Waals surface area contributed by atoms with E-state index < -0.39 is 0 Å². The Morgan fingerprint density at radius 3 is 2.24 bits per heavy atom. The summed E-state index contributed by atoms with van der Waals surface area (Å²) in [4.78, 5) is 14.2. The van der Waals surface area contributed by atoms with Gasteiger partial charge in [-0.15, -0.1) is 0 Å². The quantitative estimate of drug-likeness (QED) is 0.676. The van der Waals surface area contributed by atoms with Crippen molar-refractivity contribution in [1.29, 1.82) is 0 Å². The highest BCUT2D eigenvalue weighted by molar-refractivity contribution is 6.45. The summed E-state index contributed by atoms with van der Waals surface area (Å²) in [5.74, 6) is 0.668. The maximum Gasteiger partial charge on any atom is 0.458 e. The maximum atomic E-state index is 12.4. The predicted octanol–water partition coefficient (Wildman–Crippen LogP) is 4.91. The molecule has 3 aliphatic rings. The van der Waals surface area contributed by atoms with Crippen LogP contribution >= 0.6 is 0 Å². The van der Waals surface area contributed by atoms with Crippen LogP contribution in [0, 0.1) is 11.3 Å². The van der Waals surface area contributed by atoms with Crippen molar-refractivity contribution >= 4 is 13.2 Å². The summed E-state index contributed by atoms with van der Waals surface area (Å²) in [5, 5.41) is 0. The highest BCUT2D eigenvalue weighted by atomic mass is 16.7. The van der Waals surface area contributed by atoms with E-state index >= 15 is 0 Å². The number of carbonyl (C=O) groups excluding carboxylic acids is 1. The molecular formula is C23H34BNO4. The molecule has 6 heteroatoms. The standard InChI is InChI=1S/C23H34BNO4/c1-21(2)22(3,4)29-24(28-21)16-19-14-23(15-19)10-12-25(13-11-23)20(26)27-17-18-8-6-5-7-9-18/h5-9,19H,10-17H2,1-4H3. The first-order valence-corrected chi connectivity index (χ1v) is 11.0. The number of benzene rings is 1. The van der Waals surface area contributed by atoms with E-state index in [2.05, 4.69) is 27.7 Å². The zero-order valence-electron chi connectivity index (χ0n) is 18.3. The van der Waals surface area contributed by atoms with Gasteiger partial charge < -0.3 is 18.9 Å². The van der Waals surface area contributed by atoms with Crippen LogP contribution in [0.3, 0.4) is 0 Å². The highest BCUT2D eigenvalue weighted by Gasteiger charge is 2.54. The maximum absolute atomic E-state index is 12.4. The summed E-state index contributed by atoms with van der Waals surface area (Å²) < 4.78 is 17.8. The molecule has 0 radical (unpaired) electrons. The van der Waals surface area contributed by atoms with Crippen molar-refractivity contribution in [3.8, 4) is 0 Å². The van der Waals surface area contributed by atoms with E-state index in [9.17, 15) is 4.79 Å². The molecule has 1 amide bonds. The largest absolute Gasteiger partial charge is 0.458 e. The Morgan fingerprint density at radius 1 is 1.07 bits per heavy atom. The second-order valence-corrected chi connectivity index (χ2v) is 10.2. The second kappa shape index (κ2) is 7.62. The minimum absolute atomic E-state index is 0.0876. The van der Waals surface area contributed by atoms with Crippen LogP contribution in [0.1, 0.15) is 58.9 Å². The Balaban J connectivity index is 1.19. The van der Waals surface area contributed by atoms with Crippen LogP contribution in [0.5, 0.6) is 0 Å². The second-order valence-electron chi connectivity index (χ2n) is 10.2. The van der Waals surface area contributed by atoms with E-state index in [0.717, 1.165) is 37.8 Å². The Labute approximate surface area is 175 Å². The Morgan fingerprint density at radius 2 is 1.66 bits per heavy atom. The van der Waals surface area contributed by atoms with Crippen LogP contribution in [0.2, 0.25) is 6.32 Å². The van der Waals surface area contributed by atoms with Crippen LogP contribution in [0.4, 0.5) is 4.79 Å². The molecule has 1 saturated carbocycles. The van der Waals surface area contributed by atoms with Gasteiger partial charge in [0.15, 0.2) is 0 Å². The third kappa shape index (κ3) is 4.34. The molecule has 29 heavy (non-hydrogen) atoms. The zero-order valence-corrected chi connectivity index (χ0v) is 18.3. The van der Waals surface area contributed by atoms with Crippen LogP contribution in [-0.4, -0.2) is 42.4 Å². The first kappa shape index (κ1) is 20.7. The van der Waals surface area contributed by atoms with Gasteiger partial charge in [0.05, 0.1) is 11.2 Å². The molecule has 2 aliphatic heterocycles. The SMILES string of the molecule is CC1(C)OB(CC2CC3(CCN(C(=O)OCc4ccccc4)CC3)C2)OC1(C)C. The average molecular weight is 399 g/mol. The molecule has 1 aromatic carbocycles. The lowest BCUT2D eigenvalue weighted by molar-refractivity contribution is -0.00953. The number of rotatable bonds is 4. The fourth-order valence-electron chi connectivity index (χ4n) is 5.05. The number of carbonyl (C=O) groups is 1. The van der Waals surface area contributed by atoms with E-state index in [1.807, 2.05) is 35.2 Å². The smallest absolute Gasteiger partial charge is 0.445 e. The molecule has 1 spiro atoms. The number of hydrogen-bond donors (Lipinski definition) is 0. The van der Waals surface area contributed by atoms with Crippen LogP contribution in [0.25, 0.3) is 0 Å². The number of likely N-dealkylation sites (tertiary alicyclic amines) is 1. The van der Waals surface area contributed by atoms with Crippen LogP contribution < -0.4 is 0 Å². The minimum atomic E-state index is -0.245. The van der Waals surface area contributed by atoms with Gasteiger partial charge in [0.2, 0.25) is 0 Å². The van der Waals surface area contributed by atoms with Crippen molar-refractivity contribution in [2.24, 2.45) is 11.3 Å². The summed E-state index contributed by atoms with van der Waals surface area (Å²) in [5.41, 5.74) is 0.943. The lowest BCUT2D eigenvalue weighted by atomic mass is 9.53. The van der Waals surface area contributed by atoms with Crippen molar-refractivity contribution in [2.75, 3.05) is 13.1 Å². The summed E-state index contributed by atoms with van der Waals surface area (Å²) >= 11 is 0. The Bertz CT molecular complexity index is 704. The van der Waals surface area contributed by atoms with Crippen molar-refractivity contribution < 1.29 is 18.8 Å². The molecule has 0 atom stereocenters. The molecule has 0 N–H and O–H groups in total. The summed E-state index contributed by atoms with van der Waals surface area (Å²) in [6.45, 7) is 10.4. The molecule has 0 unspecified atom stereocenters. The van der Waals surface area contributed by atoms with Crippen molar-refractivity contribution in [3.63, 3.8) is 0 Å². The third-order valence-electron chi connectivity index (χ3n) is 7.56. The van der Waals surface area contributed by atoms with Gasteiger partial charge in [-0.3, -0.25) is 0 Å². The normalized spacial score (nSPS) is 25.1. The molecule has 1 aliphatic carbocycles. The molecule has 5 nitrogen and oxygen atoms in total. The average Bonchev–Trinajstić information content (AvgIpc) is 2.86. The highest BCUT2D eigenvalue weighted by Crippen LogP contribution is 2.55. The van der Waals surface area contributed by atoms with Crippen molar-refractivity contribution in [1.82, 2.24) is 4.90 Å². The van der Waals surface area contributed by atoms with Crippen molar-refractivity contribution in [2.45, 2.75) is 77.5 Å². The van der Waals surface area contributed by atoms with E-state index in [4.69, 9.17) is 14.0 Å². The summed E-state index contributed by atoms with van der Waals surface area (Å²) in [7, 11) is -0.0876. The molecule has 0 bridgehead atoms. The lowest BCUT2D eigenvalue weighted by Gasteiger charge is -2.52. The van der Waals surface area contributed by atoms with E-state index in [1.165, 1.54) is 12.8 Å². The third-order valence-corrected chi connectivity index (χ3v) is 7.56. The fraction of sp³-hybridized carbons (Fsp3) is 0.696. The fourth-order valence-corrected chi connectivity index (χ4v) is 5.05. The molecule has 2 heterocycles. The monoisotopic (exact) mass is 399 g/mol. The van der Waals surface area contributed by atoms with Gasteiger partial charge in [-0.2, -0.15) is 0 Å². The first-order chi connectivity index (χ1) is 13.7. The van der Waals surface area contributed by atoms with E-state index in [-0.39, 0.29) is 24.4 Å². The van der Waals surface area contributed by atoms with E-state index in [1.54, 1.807) is 0 Å². The number of ether oxygens (including phenoxy) is 1. The van der Waals surface area contributed by atoms with Crippen LogP contribution in [-0.2, 0) is 20.7 Å². The van der Waals surface area contributed by atoms with Gasteiger partial charge in [-0.05, 0) is 76.6 Å². The van der Waals surface area contributed by atoms with Crippen molar-refractivity contribution in [3.05, 3.63) is 35.9 Å². The lowest BCUT2D eigenvalue weighted by Crippen LogP contribution is -2.49. The predicted molar refractivity (Wildman–Crippen MR) is 113 cm³/mol. The van der Waals surface area contributed by atoms with Gasteiger partial charge in [0.25, 0.3) is 0 Å². The molecule has 2 saturated heterocycles. The van der Waals surface area contributed by atoms with Gasteiger partial charge >= 0.3 is 13.2 Å². The molecule has 4 rings (SSSR count). The first-order valence-electron chi connectivity index (χ1n) is 11.0.